The number of rotatable bonds is 4. The summed E-state index contributed by atoms with van der Waals surface area (Å²) in [6.07, 6.45) is 1.01. The largest absolute Gasteiger partial charge is 0.417 e. The Morgan fingerprint density at radius 2 is 1.91 bits per heavy atom. The number of hydrogen-bond donors (Lipinski definition) is 0. The van der Waals surface area contributed by atoms with Crippen LogP contribution in [0.1, 0.15) is 12.5 Å². The standard InChI is InChI=1S/C21H20F3N5O2S2/c1-4-33(30,31)16-10-14(32-17-7-5-6-8-25-17)12-26-18(16)20-28(2)15-9-13(21(22,23)24)11-27-19(15)29(20)3/h5-12,16H,4H2,1-3H3. The number of sulfone groups is 1. The first-order valence-electron chi connectivity index (χ1n) is 9.88. The second kappa shape index (κ2) is 8.49. The molecule has 174 valence electrons. The van der Waals surface area contributed by atoms with Gasteiger partial charge in [-0.15, -0.1) is 0 Å². The van der Waals surface area contributed by atoms with E-state index in [4.69, 9.17) is 0 Å². The molecule has 0 saturated heterocycles. The number of allylic oxidation sites excluding steroid dienone is 1. The fraction of sp³-hybridized carbons (Fsp3) is 0.286. The van der Waals surface area contributed by atoms with Crippen LogP contribution in [0, 0.1) is 0 Å². The SMILES string of the molecule is CCS(=O)(=O)C1C=C(Sc2ccccn2)C=NC1=C1N(C)c2cc(C(F)(F)F)cnc2N1C. The topological polar surface area (TPSA) is 78.8 Å². The van der Waals surface area contributed by atoms with Crippen molar-refractivity contribution in [3.63, 3.8) is 0 Å². The van der Waals surface area contributed by atoms with Crippen LogP contribution >= 0.6 is 11.8 Å². The zero-order chi connectivity index (χ0) is 24.0. The molecule has 0 saturated carbocycles. The summed E-state index contributed by atoms with van der Waals surface area (Å²) in [7, 11) is -0.442. The molecule has 1 atom stereocenters. The number of pyridine rings is 2. The van der Waals surface area contributed by atoms with Crippen LogP contribution < -0.4 is 9.80 Å². The number of thioether (sulfide) groups is 1. The van der Waals surface area contributed by atoms with Crippen LogP contribution in [-0.2, 0) is 16.0 Å². The molecule has 2 aromatic rings. The minimum atomic E-state index is -4.55. The number of aliphatic imine (C=N–C) groups is 1. The second-order valence-electron chi connectivity index (χ2n) is 7.36. The summed E-state index contributed by atoms with van der Waals surface area (Å²) in [6, 6.07) is 6.41. The van der Waals surface area contributed by atoms with Gasteiger partial charge in [-0.1, -0.05) is 24.8 Å². The smallest absolute Gasteiger partial charge is 0.326 e. The molecule has 0 spiro atoms. The molecule has 1 unspecified atom stereocenters. The van der Waals surface area contributed by atoms with Crippen LogP contribution in [-0.4, -0.2) is 49.7 Å². The summed E-state index contributed by atoms with van der Waals surface area (Å²) < 4.78 is 65.7. The molecule has 0 N–H and O–H groups in total. The summed E-state index contributed by atoms with van der Waals surface area (Å²) in [5.41, 5.74) is -0.444. The molecule has 0 aliphatic carbocycles. The molecule has 2 aromatic heterocycles. The average molecular weight is 496 g/mol. The fourth-order valence-corrected chi connectivity index (χ4v) is 5.71. The second-order valence-corrected chi connectivity index (χ2v) is 10.9. The van der Waals surface area contributed by atoms with Crippen molar-refractivity contribution < 1.29 is 21.6 Å². The van der Waals surface area contributed by atoms with Gasteiger partial charge in [-0.05, 0) is 24.3 Å². The molecule has 0 bridgehead atoms. The molecule has 0 radical (unpaired) electrons. The molecule has 33 heavy (non-hydrogen) atoms. The van der Waals surface area contributed by atoms with Gasteiger partial charge in [-0.3, -0.25) is 4.99 Å². The first-order valence-corrected chi connectivity index (χ1v) is 12.4. The third-order valence-electron chi connectivity index (χ3n) is 5.28. The van der Waals surface area contributed by atoms with E-state index in [-0.39, 0.29) is 23.0 Å². The van der Waals surface area contributed by atoms with Gasteiger partial charge in [0.05, 0.1) is 11.3 Å². The minimum Gasteiger partial charge on any atom is -0.326 e. The quantitative estimate of drug-likeness (QED) is 0.632. The summed E-state index contributed by atoms with van der Waals surface area (Å²) >= 11 is 1.28. The summed E-state index contributed by atoms with van der Waals surface area (Å²) in [6.45, 7) is 1.54. The van der Waals surface area contributed by atoms with Crippen molar-refractivity contribution in [3.8, 4) is 0 Å². The van der Waals surface area contributed by atoms with Crippen molar-refractivity contribution in [3.05, 3.63) is 64.7 Å². The number of aromatic nitrogens is 2. The van der Waals surface area contributed by atoms with Gasteiger partial charge < -0.3 is 9.80 Å². The molecular weight excluding hydrogens is 475 g/mol. The van der Waals surface area contributed by atoms with Gasteiger partial charge in [0, 0.05) is 43.4 Å². The van der Waals surface area contributed by atoms with Crippen LogP contribution in [0.5, 0.6) is 0 Å². The number of nitrogens with zero attached hydrogens (tertiary/aromatic N) is 5. The van der Waals surface area contributed by atoms with Crippen LogP contribution in [0.3, 0.4) is 0 Å². The summed E-state index contributed by atoms with van der Waals surface area (Å²) in [5, 5.41) is -0.389. The zero-order valence-electron chi connectivity index (χ0n) is 17.9. The van der Waals surface area contributed by atoms with Gasteiger partial charge in [-0.25, -0.2) is 18.4 Å². The summed E-state index contributed by atoms with van der Waals surface area (Å²) in [4.78, 5) is 16.3. The Hall–Kier alpha value is -2.86. The lowest BCUT2D eigenvalue weighted by atomic mass is 10.2. The first kappa shape index (κ1) is 23.3. The van der Waals surface area contributed by atoms with Crippen molar-refractivity contribution in [2.45, 2.75) is 23.4 Å². The Balaban J connectivity index is 1.79. The maximum Gasteiger partial charge on any atom is 0.417 e. The predicted molar refractivity (Wildman–Crippen MR) is 123 cm³/mol. The van der Waals surface area contributed by atoms with E-state index in [9.17, 15) is 21.6 Å². The van der Waals surface area contributed by atoms with Gasteiger partial charge in [0.2, 0.25) is 0 Å². The van der Waals surface area contributed by atoms with Crippen LogP contribution in [0.15, 0.2) is 69.2 Å². The molecule has 7 nitrogen and oxygen atoms in total. The number of hydrogen-bond acceptors (Lipinski definition) is 8. The maximum atomic E-state index is 13.2. The van der Waals surface area contributed by atoms with Crippen molar-refractivity contribution >= 4 is 39.3 Å². The molecule has 4 heterocycles. The van der Waals surface area contributed by atoms with E-state index in [2.05, 4.69) is 15.0 Å². The van der Waals surface area contributed by atoms with E-state index in [0.717, 1.165) is 12.3 Å². The van der Waals surface area contributed by atoms with E-state index in [1.54, 1.807) is 56.5 Å². The number of anilines is 2. The van der Waals surface area contributed by atoms with Crippen molar-refractivity contribution in [2.24, 2.45) is 4.99 Å². The number of halogens is 3. The highest BCUT2D eigenvalue weighted by atomic mass is 32.2. The van der Waals surface area contributed by atoms with Gasteiger partial charge in [0.1, 0.15) is 21.8 Å². The zero-order valence-corrected chi connectivity index (χ0v) is 19.5. The normalized spacial score (nSPS) is 20.8. The van der Waals surface area contributed by atoms with Crippen LogP contribution in [0.25, 0.3) is 0 Å². The van der Waals surface area contributed by atoms with E-state index < -0.39 is 26.8 Å². The van der Waals surface area contributed by atoms with E-state index in [1.807, 2.05) is 6.07 Å². The fourth-order valence-electron chi connectivity index (χ4n) is 3.59. The maximum absolute atomic E-state index is 13.2. The third-order valence-corrected chi connectivity index (χ3v) is 8.15. The molecular formula is C21H20F3N5O2S2. The van der Waals surface area contributed by atoms with Gasteiger partial charge >= 0.3 is 6.18 Å². The van der Waals surface area contributed by atoms with Gasteiger partial charge in [0.15, 0.2) is 15.7 Å². The summed E-state index contributed by atoms with van der Waals surface area (Å²) in [5.74, 6) is 0.514. The third kappa shape index (κ3) is 4.36. The highest BCUT2D eigenvalue weighted by Gasteiger charge is 2.40. The minimum absolute atomic E-state index is 0.126. The molecule has 2 aliphatic rings. The highest BCUT2D eigenvalue weighted by Crippen LogP contribution is 2.44. The van der Waals surface area contributed by atoms with Crippen molar-refractivity contribution in [1.29, 1.82) is 0 Å². The molecule has 0 aromatic carbocycles. The van der Waals surface area contributed by atoms with E-state index in [0.29, 0.717) is 15.8 Å². The van der Waals surface area contributed by atoms with Crippen LogP contribution in [0.2, 0.25) is 0 Å². The van der Waals surface area contributed by atoms with Crippen molar-refractivity contribution in [1.82, 2.24) is 9.97 Å². The molecule has 4 rings (SSSR count). The molecule has 0 fully saturated rings. The predicted octanol–water partition coefficient (Wildman–Crippen LogP) is 4.11. The van der Waals surface area contributed by atoms with E-state index >= 15 is 0 Å². The Morgan fingerprint density at radius 3 is 2.55 bits per heavy atom. The Labute approximate surface area is 193 Å². The van der Waals surface area contributed by atoms with Crippen LogP contribution in [0.4, 0.5) is 24.7 Å². The number of dihydropyridines is 1. The number of fused-ring (bicyclic) bond motifs is 1. The average Bonchev–Trinajstić information content (AvgIpc) is 3.03. The van der Waals surface area contributed by atoms with E-state index in [1.165, 1.54) is 16.7 Å². The van der Waals surface area contributed by atoms with Gasteiger partial charge in [-0.2, -0.15) is 13.2 Å². The Morgan fingerprint density at radius 1 is 1.15 bits per heavy atom. The molecule has 0 amide bonds. The Bertz CT molecular complexity index is 1270. The molecule has 12 heteroatoms. The highest BCUT2D eigenvalue weighted by molar-refractivity contribution is 8.03. The lowest BCUT2D eigenvalue weighted by Crippen LogP contribution is -2.32. The monoisotopic (exact) mass is 495 g/mol. The lowest BCUT2D eigenvalue weighted by molar-refractivity contribution is -0.137. The molecule has 2 aliphatic heterocycles. The van der Waals surface area contributed by atoms with Crippen molar-refractivity contribution in [2.75, 3.05) is 29.6 Å². The van der Waals surface area contributed by atoms with Gasteiger partial charge in [0.25, 0.3) is 0 Å². The lowest BCUT2D eigenvalue weighted by Gasteiger charge is -2.26. The first-order chi connectivity index (χ1) is 15.5. The number of alkyl halides is 3. The Kier molecular flexibility index (Phi) is 5.99.